The molecule has 11 heteroatoms. The van der Waals surface area contributed by atoms with Gasteiger partial charge in [-0.05, 0) is 0 Å². The maximum Gasteiger partial charge on any atom is 0.466 e. The fourth-order valence-corrected chi connectivity index (χ4v) is 0. The normalized spacial score (nSPS) is 5.36. The third kappa shape index (κ3) is 36200. The topological polar surface area (TPSA) is 267 Å². The molecule has 0 radical (unpaired) electrons. The second kappa shape index (κ2) is 22.5. The Kier molecular flexibility index (Phi) is 145. The van der Waals surface area contributed by atoms with Crippen LogP contribution in [-0.4, -0.2) is 47.5 Å². The van der Waals surface area contributed by atoms with E-state index in [2.05, 4.69) is 0 Å². The zero-order valence-corrected chi connectivity index (χ0v) is 6.09. The van der Waals surface area contributed by atoms with Crippen molar-refractivity contribution in [2.45, 2.75) is 0 Å². The molecular formula is H15O10P. The van der Waals surface area contributed by atoms with Crippen molar-refractivity contribution >= 4 is 7.82 Å². The van der Waals surface area contributed by atoms with Crippen molar-refractivity contribution in [2.24, 2.45) is 0 Å². The van der Waals surface area contributed by atoms with Gasteiger partial charge in [0.1, 0.15) is 0 Å². The monoisotopic (exact) mass is 206 g/mol. The molecule has 15 N–H and O–H groups in total. The van der Waals surface area contributed by atoms with E-state index in [1.165, 1.54) is 0 Å². The van der Waals surface area contributed by atoms with Crippen molar-refractivity contribution in [1.29, 1.82) is 0 Å². The molecule has 0 aliphatic heterocycles. The molecule has 0 aromatic heterocycles. The average molecular weight is 206 g/mol. The minimum atomic E-state index is -4.64. The number of hydrogen-bond acceptors (Lipinski definition) is 1. The molecule has 0 saturated carbocycles. The summed E-state index contributed by atoms with van der Waals surface area (Å²) in [6.07, 6.45) is 0. The van der Waals surface area contributed by atoms with Gasteiger partial charge in [0.25, 0.3) is 0 Å². The van der Waals surface area contributed by atoms with E-state index in [4.69, 9.17) is 19.2 Å². The second-order valence-electron chi connectivity index (χ2n) is 0.513. The quantitative estimate of drug-likeness (QED) is 0.326. The van der Waals surface area contributed by atoms with Gasteiger partial charge in [-0.2, -0.15) is 0 Å². The lowest BCUT2D eigenvalue weighted by atomic mass is 15.8. The Hall–Kier alpha value is -0.130. The molecule has 80 valence electrons. The summed E-state index contributed by atoms with van der Waals surface area (Å²) in [4.78, 5) is 21.6. The van der Waals surface area contributed by atoms with Gasteiger partial charge in [0.05, 0.1) is 0 Å². The molecule has 10 nitrogen and oxygen atoms in total. The van der Waals surface area contributed by atoms with E-state index in [0.29, 0.717) is 0 Å². The van der Waals surface area contributed by atoms with Crippen molar-refractivity contribution in [3.05, 3.63) is 0 Å². The average Bonchev–Trinajstić information content (AvgIpc) is 0.722. The van der Waals surface area contributed by atoms with Crippen LogP contribution in [0.3, 0.4) is 0 Å². The maximum absolute atomic E-state index is 8.88. The fraction of sp³-hybridized carbons (Fsp3) is 0. The Morgan fingerprint density at radius 3 is 0.636 bits per heavy atom. The Labute approximate surface area is 61.2 Å². The first-order valence-electron chi connectivity index (χ1n) is 0.783. The van der Waals surface area contributed by atoms with Crippen molar-refractivity contribution in [3.63, 3.8) is 0 Å². The van der Waals surface area contributed by atoms with Gasteiger partial charge in [0.15, 0.2) is 0 Å². The van der Waals surface area contributed by atoms with Crippen LogP contribution < -0.4 is 0 Å². The van der Waals surface area contributed by atoms with Gasteiger partial charge in [-0.15, -0.1) is 0 Å². The molecule has 0 aliphatic rings. The first-order chi connectivity index (χ1) is 2.00. The van der Waals surface area contributed by atoms with Gasteiger partial charge in [0.2, 0.25) is 0 Å². The summed E-state index contributed by atoms with van der Waals surface area (Å²) in [6, 6.07) is 0. The molecule has 0 rings (SSSR count). The SMILES string of the molecule is O.O.O.O.O.O.O=P(O)(O)O. The first-order valence-corrected chi connectivity index (χ1v) is 2.35. The minimum absolute atomic E-state index is 0. The van der Waals surface area contributed by atoms with Crippen LogP contribution in [0.25, 0.3) is 0 Å². The summed E-state index contributed by atoms with van der Waals surface area (Å²) in [5.74, 6) is 0. The molecule has 0 amide bonds. The molecule has 0 aliphatic carbocycles. The van der Waals surface area contributed by atoms with Gasteiger partial charge >= 0.3 is 7.82 Å². The summed E-state index contributed by atoms with van der Waals surface area (Å²) in [5.41, 5.74) is 0. The predicted molar refractivity (Wildman–Crippen MR) is 35.9 cm³/mol. The number of hydrogen-bond donors (Lipinski definition) is 3. The van der Waals surface area contributed by atoms with E-state index in [0.717, 1.165) is 0 Å². The highest BCUT2D eigenvalue weighted by molar-refractivity contribution is 7.45. The first kappa shape index (κ1) is 70.7. The zero-order valence-electron chi connectivity index (χ0n) is 5.20. The van der Waals surface area contributed by atoms with Crippen LogP contribution in [0, 0.1) is 0 Å². The van der Waals surface area contributed by atoms with E-state index in [9.17, 15) is 0 Å². The summed E-state index contributed by atoms with van der Waals surface area (Å²) in [5, 5.41) is 0. The number of rotatable bonds is 0. The molecule has 0 atom stereocenters. The number of phosphoric acid groups is 1. The Morgan fingerprint density at radius 1 is 0.636 bits per heavy atom. The molecule has 0 unspecified atom stereocenters. The molecule has 0 fully saturated rings. The van der Waals surface area contributed by atoms with Crippen LogP contribution >= 0.6 is 7.82 Å². The van der Waals surface area contributed by atoms with Gasteiger partial charge in [-0.1, -0.05) is 0 Å². The Morgan fingerprint density at radius 2 is 0.636 bits per heavy atom. The van der Waals surface area contributed by atoms with Crippen molar-refractivity contribution < 1.29 is 52.1 Å². The lowest BCUT2D eigenvalue weighted by Gasteiger charge is -1.82. The van der Waals surface area contributed by atoms with Gasteiger partial charge in [-0.25, -0.2) is 4.57 Å². The lowest BCUT2D eigenvalue weighted by Crippen LogP contribution is -1.66. The summed E-state index contributed by atoms with van der Waals surface area (Å²) in [7, 11) is -4.64. The third-order valence-corrected chi connectivity index (χ3v) is 0. The standard InChI is InChI=1S/H3O4P.6H2O/c1-5(2,3)4;;;;;;/h(H3,1,2,3,4);6*1H2. The highest BCUT2D eigenvalue weighted by Gasteiger charge is 2.00. The maximum atomic E-state index is 8.88. The molecular weight excluding hydrogens is 191 g/mol. The predicted octanol–water partition coefficient (Wildman–Crippen LogP) is -5.88. The highest BCUT2D eigenvalue weighted by Crippen LogP contribution is 2.25. The fourth-order valence-electron chi connectivity index (χ4n) is 0. The third-order valence-electron chi connectivity index (χ3n) is 0. The zero-order chi connectivity index (χ0) is 4.50. The van der Waals surface area contributed by atoms with Crippen molar-refractivity contribution in [3.8, 4) is 0 Å². The van der Waals surface area contributed by atoms with Crippen LogP contribution in [0.1, 0.15) is 0 Å². The van der Waals surface area contributed by atoms with E-state index in [1.54, 1.807) is 0 Å². The van der Waals surface area contributed by atoms with Crippen molar-refractivity contribution in [1.82, 2.24) is 0 Å². The molecule has 0 saturated heterocycles. The molecule has 0 aromatic carbocycles. The minimum Gasteiger partial charge on any atom is -0.412 e. The van der Waals surface area contributed by atoms with Crippen LogP contribution in [0.5, 0.6) is 0 Å². The van der Waals surface area contributed by atoms with Crippen LogP contribution in [0.4, 0.5) is 0 Å². The van der Waals surface area contributed by atoms with E-state index >= 15 is 0 Å². The summed E-state index contributed by atoms with van der Waals surface area (Å²) < 4.78 is 8.88. The Balaban J connectivity index is -0.00000000533. The van der Waals surface area contributed by atoms with Gasteiger partial charge in [-0.3, -0.25) is 0 Å². The second-order valence-corrected chi connectivity index (χ2v) is 1.54. The van der Waals surface area contributed by atoms with Crippen molar-refractivity contribution in [2.75, 3.05) is 0 Å². The van der Waals surface area contributed by atoms with Crippen LogP contribution in [0.15, 0.2) is 0 Å². The summed E-state index contributed by atoms with van der Waals surface area (Å²) >= 11 is 0. The highest BCUT2D eigenvalue weighted by atomic mass is 31.2. The molecule has 0 spiro atoms. The molecule has 0 aromatic rings. The summed E-state index contributed by atoms with van der Waals surface area (Å²) in [6.45, 7) is 0. The lowest BCUT2D eigenvalue weighted by molar-refractivity contribution is 0.275. The smallest absolute Gasteiger partial charge is 0.412 e. The molecule has 0 bridgehead atoms. The molecule has 0 heterocycles. The van der Waals surface area contributed by atoms with E-state index in [-0.39, 0.29) is 32.9 Å². The largest absolute Gasteiger partial charge is 0.466 e. The Bertz CT molecular complexity index is 51.0. The van der Waals surface area contributed by atoms with E-state index < -0.39 is 7.82 Å². The van der Waals surface area contributed by atoms with Crippen LogP contribution in [0.2, 0.25) is 0 Å². The van der Waals surface area contributed by atoms with Gasteiger partial charge in [0, 0.05) is 0 Å². The van der Waals surface area contributed by atoms with Crippen LogP contribution in [-0.2, 0) is 4.57 Å². The van der Waals surface area contributed by atoms with Gasteiger partial charge < -0.3 is 47.5 Å². The molecule has 11 heavy (non-hydrogen) atoms. The van der Waals surface area contributed by atoms with E-state index in [1.807, 2.05) is 0 Å².